The van der Waals surface area contributed by atoms with Gasteiger partial charge in [0.25, 0.3) is 5.91 Å². The van der Waals surface area contributed by atoms with Crippen LogP contribution in [0.1, 0.15) is 16.2 Å². The molecule has 6 heteroatoms. The summed E-state index contributed by atoms with van der Waals surface area (Å²) in [4.78, 5) is 23.4. The first kappa shape index (κ1) is 10.3. The average Bonchev–Trinajstić information content (AvgIpc) is 2.63. The van der Waals surface area contributed by atoms with E-state index in [-0.39, 0.29) is 5.69 Å². The van der Waals surface area contributed by atoms with Gasteiger partial charge in [-0.3, -0.25) is 4.79 Å². The van der Waals surface area contributed by atoms with Crippen LogP contribution in [0.4, 0.5) is 0 Å². The molecule has 0 fully saturated rings. The maximum Gasteiger partial charge on any atom is 0.267 e. The Labute approximate surface area is 92.2 Å². The van der Waals surface area contributed by atoms with Crippen LogP contribution in [0, 0.1) is 6.92 Å². The summed E-state index contributed by atoms with van der Waals surface area (Å²) in [7, 11) is 1.83. The molecule has 2 rings (SSSR count). The van der Waals surface area contributed by atoms with Crippen molar-refractivity contribution in [1.29, 1.82) is 0 Å². The fourth-order valence-corrected chi connectivity index (χ4v) is 1.38. The number of nitrogens with two attached hydrogens (primary N) is 1. The van der Waals surface area contributed by atoms with Crippen LogP contribution in [0.3, 0.4) is 0 Å². The highest BCUT2D eigenvalue weighted by atomic mass is 16.1. The van der Waals surface area contributed by atoms with Gasteiger partial charge in [0.05, 0.1) is 12.5 Å². The Morgan fingerprint density at radius 3 is 2.75 bits per heavy atom. The molecule has 0 saturated carbocycles. The molecule has 0 aliphatic carbocycles. The molecule has 0 bridgehead atoms. The van der Waals surface area contributed by atoms with E-state index in [1.54, 1.807) is 30.1 Å². The standard InChI is InChI=1S/C10H11N5O/c1-6-3-7(9(11)16)14-10(13-6)8-4-12-5-15(8)2/h3-5H,1-2H3,(H2,11,16). The Bertz CT molecular complexity index is 546. The molecule has 82 valence electrons. The van der Waals surface area contributed by atoms with E-state index < -0.39 is 5.91 Å². The van der Waals surface area contributed by atoms with Gasteiger partial charge in [-0.1, -0.05) is 0 Å². The van der Waals surface area contributed by atoms with Crippen molar-refractivity contribution in [2.75, 3.05) is 0 Å². The normalized spacial score (nSPS) is 10.4. The molecule has 6 nitrogen and oxygen atoms in total. The van der Waals surface area contributed by atoms with E-state index in [9.17, 15) is 4.79 Å². The number of aryl methyl sites for hydroxylation is 2. The van der Waals surface area contributed by atoms with Gasteiger partial charge in [0.15, 0.2) is 5.82 Å². The molecule has 0 aliphatic heterocycles. The van der Waals surface area contributed by atoms with E-state index in [1.165, 1.54) is 0 Å². The second-order valence-corrected chi connectivity index (χ2v) is 3.47. The second kappa shape index (κ2) is 3.73. The highest BCUT2D eigenvalue weighted by Crippen LogP contribution is 2.14. The third-order valence-corrected chi connectivity index (χ3v) is 2.15. The number of carbonyl (C=O) groups excluding carboxylic acids is 1. The van der Waals surface area contributed by atoms with E-state index in [1.807, 2.05) is 7.05 Å². The first-order valence-electron chi connectivity index (χ1n) is 4.70. The van der Waals surface area contributed by atoms with Crippen molar-refractivity contribution >= 4 is 5.91 Å². The van der Waals surface area contributed by atoms with E-state index in [2.05, 4.69) is 15.0 Å². The van der Waals surface area contributed by atoms with Crippen molar-refractivity contribution in [3.8, 4) is 11.5 Å². The molecule has 1 amide bonds. The monoisotopic (exact) mass is 217 g/mol. The minimum absolute atomic E-state index is 0.212. The topological polar surface area (TPSA) is 86.7 Å². The van der Waals surface area contributed by atoms with E-state index >= 15 is 0 Å². The summed E-state index contributed by atoms with van der Waals surface area (Å²) < 4.78 is 1.78. The number of primary amides is 1. The van der Waals surface area contributed by atoms with Crippen LogP contribution in [0.2, 0.25) is 0 Å². The zero-order valence-electron chi connectivity index (χ0n) is 9.01. The van der Waals surface area contributed by atoms with Gasteiger partial charge in [-0.25, -0.2) is 15.0 Å². The summed E-state index contributed by atoms with van der Waals surface area (Å²) in [6, 6.07) is 1.56. The van der Waals surface area contributed by atoms with Crippen LogP contribution in [0.25, 0.3) is 11.5 Å². The van der Waals surface area contributed by atoms with Crippen molar-refractivity contribution in [3.63, 3.8) is 0 Å². The molecule has 0 radical (unpaired) electrons. The van der Waals surface area contributed by atoms with Crippen LogP contribution >= 0.6 is 0 Å². The molecule has 0 atom stereocenters. The molecule has 0 aliphatic rings. The maximum atomic E-state index is 11.1. The molecule has 0 saturated heterocycles. The van der Waals surface area contributed by atoms with Gasteiger partial charge in [0.2, 0.25) is 0 Å². The van der Waals surface area contributed by atoms with Crippen molar-refractivity contribution in [1.82, 2.24) is 19.5 Å². The molecule has 2 aromatic rings. The quantitative estimate of drug-likeness (QED) is 0.782. The molecular formula is C10H11N5O. The van der Waals surface area contributed by atoms with Crippen LogP contribution in [0.15, 0.2) is 18.6 Å². The average molecular weight is 217 g/mol. The lowest BCUT2D eigenvalue weighted by Crippen LogP contribution is -2.14. The zero-order chi connectivity index (χ0) is 11.7. The number of hydrogen-bond acceptors (Lipinski definition) is 4. The SMILES string of the molecule is Cc1cc(C(N)=O)nc(-c2cncn2C)n1. The van der Waals surface area contributed by atoms with Crippen molar-refractivity contribution in [2.45, 2.75) is 6.92 Å². The number of aromatic nitrogens is 4. The lowest BCUT2D eigenvalue weighted by Gasteiger charge is -2.03. The predicted molar refractivity (Wildman–Crippen MR) is 57.5 cm³/mol. The van der Waals surface area contributed by atoms with E-state index in [0.717, 1.165) is 5.69 Å². The largest absolute Gasteiger partial charge is 0.364 e. The zero-order valence-corrected chi connectivity index (χ0v) is 9.01. The summed E-state index contributed by atoms with van der Waals surface area (Å²) in [6.45, 7) is 1.79. The van der Waals surface area contributed by atoms with Crippen LogP contribution in [-0.2, 0) is 7.05 Å². The Balaban J connectivity index is 2.58. The lowest BCUT2D eigenvalue weighted by molar-refractivity contribution is 0.0995. The molecule has 2 aromatic heterocycles. The molecular weight excluding hydrogens is 206 g/mol. The van der Waals surface area contributed by atoms with E-state index in [0.29, 0.717) is 11.5 Å². The minimum Gasteiger partial charge on any atom is -0.364 e. The molecule has 2 heterocycles. The van der Waals surface area contributed by atoms with E-state index in [4.69, 9.17) is 5.73 Å². The van der Waals surface area contributed by atoms with Crippen LogP contribution in [0.5, 0.6) is 0 Å². The second-order valence-electron chi connectivity index (χ2n) is 3.47. The minimum atomic E-state index is -0.561. The summed E-state index contributed by atoms with van der Waals surface area (Å²) in [6.07, 6.45) is 3.28. The van der Waals surface area contributed by atoms with Gasteiger partial charge in [-0.05, 0) is 13.0 Å². The lowest BCUT2D eigenvalue weighted by atomic mass is 10.3. The maximum absolute atomic E-state index is 11.1. The smallest absolute Gasteiger partial charge is 0.267 e. The summed E-state index contributed by atoms with van der Waals surface area (Å²) in [5.41, 5.74) is 6.84. The predicted octanol–water partition coefficient (Wildman–Crippen LogP) is 0.284. The summed E-state index contributed by atoms with van der Waals surface area (Å²) >= 11 is 0. The van der Waals surface area contributed by atoms with Gasteiger partial charge in [-0.2, -0.15) is 0 Å². The van der Waals surface area contributed by atoms with Gasteiger partial charge in [0, 0.05) is 12.7 Å². The summed E-state index contributed by atoms with van der Waals surface area (Å²) in [5.74, 6) is -0.109. The fraction of sp³-hybridized carbons (Fsp3) is 0.200. The highest BCUT2D eigenvalue weighted by molar-refractivity contribution is 5.91. The van der Waals surface area contributed by atoms with Gasteiger partial charge >= 0.3 is 0 Å². The molecule has 0 unspecified atom stereocenters. The van der Waals surface area contributed by atoms with Crippen molar-refractivity contribution < 1.29 is 4.79 Å². The first-order chi connectivity index (χ1) is 7.58. The molecule has 16 heavy (non-hydrogen) atoms. The molecule has 0 spiro atoms. The van der Waals surface area contributed by atoms with Gasteiger partial charge in [0.1, 0.15) is 11.4 Å². The van der Waals surface area contributed by atoms with Gasteiger partial charge < -0.3 is 10.3 Å². The molecule has 2 N–H and O–H groups in total. The number of nitrogens with zero attached hydrogens (tertiary/aromatic N) is 4. The Morgan fingerprint density at radius 2 is 2.19 bits per heavy atom. The Hall–Kier alpha value is -2.24. The third-order valence-electron chi connectivity index (χ3n) is 2.15. The Morgan fingerprint density at radius 1 is 1.44 bits per heavy atom. The molecule has 0 aromatic carbocycles. The summed E-state index contributed by atoms with van der Waals surface area (Å²) in [5, 5.41) is 0. The highest BCUT2D eigenvalue weighted by Gasteiger charge is 2.10. The third kappa shape index (κ3) is 1.77. The number of rotatable bonds is 2. The van der Waals surface area contributed by atoms with Crippen molar-refractivity contribution in [3.05, 3.63) is 30.0 Å². The number of imidazole rings is 1. The Kier molecular flexibility index (Phi) is 2.40. The van der Waals surface area contributed by atoms with Gasteiger partial charge in [-0.15, -0.1) is 0 Å². The van der Waals surface area contributed by atoms with Crippen LogP contribution < -0.4 is 5.73 Å². The fourth-order valence-electron chi connectivity index (χ4n) is 1.38. The van der Waals surface area contributed by atoms with Crippen molar-refractivity contribution in [2.24, 2.45) is 12.8 Å². The van der Waals surface area contributed by atoms with Crippen LogP contribution in [-0.4, -0.2) is 25.4 Å². The first-order valence-corrected chi connectivity index (χ1v) is 4.70. The number of hydrogen-bond donors (Lipinski definition) is 1. The number of carbonyl (C=O) groups is 1. The number of amides is 1.